The number of benzene rings is 1. The highest BCUT2D eigenvalue weighted by Crippen LogP contribution is 2.37. The molecule has 3 rings (SSSR count). The fourth-order valence-electron chi connectivity index (χ4n) is 4.11. The smallest absolute Gasteiger partial charge is 0.242 e. The Kier molecular flexibility index (Phi) is 9.10. The van der Waals surface area contributed by atoms with Crippen LogP contribution in [0, 0.1) is 0 Å². The SMILES string of the molecule is CCCCC(=O)N(CCCOCC)CC(=O)N1CCc2sccc2C1c1ccccc1. The van der Waals surface area contributed by atoms with Gasteiger partial charge in [-0.3, -0.25) is 9.59 Å². The summed E-state index contributed by atoms with van der Waals surface area (Å²) >= 11 is 1.76. The number of thiophene rings is 1. The highest BCUT2D eigenvalue weighted by atomic mass is 32.1. The molecule has 0 radical (unpaired) electrons. The molecule has 1 aromatic heterocycles. The van der Waals surface area contributed by atoms with Crippen molar-refractivity contribution in [2.75, 3.05) is 32.8 Å². The van der Waals surface area contributed by atoms with Crippen LogP contribution in [0.1, 0.15) is 61.6 Å². The Balaban J connectivity index is 1.76. The number of hydrogen-bond acceptors (Lipinski definition) is 4. The van der Waals surface area contributed by atoms with E-state index in [-0.39, 0.29) is 24.4 Å². The summed E-state index contributed by atoms with van der Waals surface area (Å²) in [6.45, 7) is 6.69. The van der Waals surface area contributed by atoms with Crippen LogP contribution in [-0.2, 0) is 20.7 Å². The van der Waals surface area contributed by atoms with Gasteiger partial charge in [0.05, 0.1) is 12.6 Å². The van der Waals surface area contributed by atoms with E-state index in [2.05, 4.69) is 30.5 Å². The van der Waals surface area contributed by atoms with Crippen LogP contribution >= 0.6 is 11.3 Å². The van der Waals surface area contributed by atoms with E-state index >= 15 is 0 Å². The lowest BCUT2D eigenvalue weighted by Crippen LogP contribution is -2.47. The summed E-state index contributed by atoms with van der Waals surface area (Å²) in [6.07, 6.45) is 3.93. The minimum absolute atomic E-state index is 0.0203. The van der Waals surface area contributed by atoms with E-state index in [1.165, 1.54) is 10.4 Å². The molecule has 0 aliphatic carbocycles. The zero-order valence-electron chi connectivity index (χ0n) is 18.7. The lowest BCUT2D eigenvalue weighted by molar-refractivity contribution is -0.142. The first-order valence-corrected chi connectivity index (χ1v) is 12.3. The van der Waals surface area contributed by atoms with Gasteiger partial charge in [-0.2, -0.15) is 0 Å². The lowest BCUT2D eigenvalue weighted by atomic mass is 9.93. The summed E-state index contributed by atoms with van der Waals surface area (Å²) in [5.74, 6) is 0.0863. The van der Waals surface area contributed by atoms with Crippen molar-refractivity contribution in [1.29, 1.82) is 0 Å². The maximum atomic E-state index is 13.5. The molecule has 1 unspecified atom stereocenters. The standard InChI is InChI=1S/C25H34N2O3S/c1-3-5-12-23(28)26(15-9-17-30-4-2)19-24(29)27-16-13-22-21(14-18-31-22)25(27)20-10-7-6-8-11-20/h6-8,10-11,14,18,25H,3-5,9,12-13,15-17,19H2,1-2H3. The predicted octanol–water partition coefficient (Wildman–Crippen LogP) is 4.67. The number of rotatable bonds is 11. The van der Waals surface area contributed by atoms with Gasteiger partial charge >= 0.3 is 0 Å². The van der Waals surface area contributed by atoms with Crippen LogP contribution in [0.15, 0.2) is 41.8 Å². The molecule has 0 N–H and O–H groups in total. The third kappa shape index (κ3) is 6.17. The molecule has 31 heavy (non-hydrogen) atoms. The molecular weight excluding hydrogens is 408 g/mol. The van der Waals surface area contributed by atoms with E-state index in [1.807, 2.05) is 30.0 Å². The molecule has 0 saturated carbocycles. The molecule has 0 saturated heterocycles. The van der Waals surface area contributed by atoms with E-state index < -0.39 is 0 Å². The molecule has 5 nitrogen and oxygen atoms in total. The minimum Gasteiger partial charge on any atom is -0.382 e. The van der Waals surface area contributed by atoms with E-state index in [9.17, 15) is 9.59 Å². The second kappa shape index (κ2) is 12.0. The van der Waals surface area contributed by atoms with E-state index in [0.29, 0.717) is 32.7 Å². The number of ether oxygens (including phenoxy) is 1. The normalized spacial score (nSPS) is 15.5. The Morgan fingerprint density at radius 1 is 1.16 bits per heavy atom. The van der Waals surface area contributed by atoms with Gasteiger partial charge in [-0.1, -0.05) is 43.7 Å². The highest BCUT2D eigenvalue weighted by molar-refractivity contribution is 7.10. The first kappa shape index (κ1) is 23.5. The predicted molar refractivity (Wildman–Crippen MR) is 125 cm³/mol. The second-order valence-corrected chi connectivity index (χ2v) is 8.92. The Bertz CT molecular complexity index is 836. The van der Waals surface area contributed by atoms with Gasteiger partial charge in [0, 0.05) is 37.6 Å². The zero-order chi connectivity index (χ0) is 22.1. The number of carbonyl (C=O) groups excluding carboxylic acids is 2. The maximum Gasteiger partial charge on any atom is 0.242 e. The molecular formula is C25H34N2O3S. The molecule has 1 aromatic carbocycles. The number of amides is 2. The topological polar surface area (TPSA) is 49.9 Å². The van der Waals surface area contributed by atoms with Gasteiger partial charge in [-0.25, -0.2) is 0 Å². The van der Waals surface area contributed by atoms with Gasteiger partial charge in [-0.15, -0.1) is 11.3 Å². The fourth-order valence-corrected chi connectivity index (χ4v) is 5.02. The molecule has 168 valence electrons. The van der Waals surface area contributed by atoms with Crippen LogP contribution in [0.3, 0.4) is 0 Å². The number of nitrogens with zero attached hydrogens (tertiary/aromatic N) is 2. The third-order valence-corrected chi connectivity index (χ3v) is 6.74. The molecule has 0 bridgehead atoms. The monoisotopic (exact) mass is 442 g/mol. The summed E-state index contributed by atoms with van der Waals surface area (Å²) in [4.78, 5) is 31.4. The molecule has 1 aliphatic rings. The van der Waals surface area contributed by atoms with Gasteiger partial charge in [0.15, 0.2) is 0 Å². The number of fused-ring (bicyclic) bond motifs is 1. The number of unbranched alkanes of at least 4 members (excludes halogenated alkanes) is 1. The Morgan fingerprint density at radius 2 is 1.97 bits per heavy atom. The van der Waals surface area contributed by atoms with Gasteiger partial charge < -0.3 is 14.5 Å². The van der Waals surface area contributed by atoms with E-state index in [1.54, 1.807) is 16.2 Å². The molecule has 1 aliphatic heterocycles. The Labute approximate surface area is 190 Å². The molecule has 1 atom stereocenters. The number of carbonyl (C=O) groups is 2. The van der Waals surface area contributed by atoms with Crippen LogP contribution in [0.4, 0.5) is 0 Å². The van der Waals surface area contributed by atoms with Crippen molar-refractivity contribution in [3.05, 3.63) is 57.8 Å². The first-order chi connectivity index (χ1) is 15.2. The second-order valence-electron chi connectivity index (χ2n) is 7.92. The van der Waals surface area contributed by atoms with Gasteiger partial charge in [0.25, 0.3) is 0 Å². The quantitative estimate of drug-likeness (QED) is 0.475. The molecule has 0 spiro atoms. The molecule has 2 heterocycles. The van der Waals surface area contributed by atoms with Crippen LogP contribution < -0.4 is 0 Å². The summed E-state index contributed by atoms with van der Waals surface area (Å²) in [5.41, 5.74) is 2.34. The minimum atomic E-state index is -0.0836. The highest BCUT2D eigenvalue weighted by Gasteiger charge is 2.33. The largest absolute Gasteiger partial charge is 0.382 e. The zero-order valence-corrected chi connectivity index (χ0v) is 19.5. The first-order valence-electron chi connectivity index (χ1n) is 11.4. The van der Waals surface area contributed by atoms with Crippen molar-refractivity contribution >= 4 is 23.2 Å². The van der Waals surface area contributed by atoms with Crippen molar-refractivity contribution < 1.29 is 14.3 Å². The van der Waals surface area contributed by atoms with Crippen LogP contribution in [-0.4, -0.2) is 54.5 Å². The van der Waals surface area contributed by atoms with Crippen molar-refractivity contribution in [1.82, 2.24) is 9.80 Å². The van der Waals surface area contributed by atoms with Gasteiger partial charge in [-0.05, 0) is 48.8 Å². The fraction of sp³-hybridized carbons (Fsp3) is 0.520. The van der Waals surface area contributed by atoms with Gasteiger partial charge in [0.2, 0.25) is 11.8 Å². The van der Waals surface area contributed by atoms with Crippen molar-refractivity contribution in [2.45, 2.75) is 52.0 Å². The average Bonchev–Trinajstić information content (AvgIpc) is 3.28. The lowest BCUT2D eigenvalue weighted by Gasteiger charge is -2.37. The third-order valence-electron chi connectivity index (χ3n) is 5.75. The van der Waals surface area contributed by atoms with Crippen LogP contribution in [0.25, 0.3) is 0 Å². The van der Waals surface area contributed by atoms with Crippen molar-refractivity contribution in [3.8, 4) is 0 Å². The van der Waals surface area contributed by atoms with Crippen LogP contribution in [0.5, 0.6) is 0 Å². The summed E-state index contributed by atoms with van der Waals surface area (Å²) in [6, 6.07) is 12.3. The molecule has 0 fully saturated rings. The number of hydrogen-bond donors (Lipinski definition) is 0. The van der Waals surface area contributed by atoms with Crippen molar-refractivity contribution in [2.24, 2.45) is 0 Å². The average molecular weight is 443 g/mol. The summed E-state index contributed by atoms with van der Waals surface area (Å²) in [7, 11) is 0. The maximum absolute atomic E-state index is 13.5. The van der Waals surface area contributed by atoms with E-state index in [0.717, 1.165) is 31.2 Å². The van der Waals surface area contributed by atoms with Crippen molar-refractivity contribution in [3.63, 3.8) is 0 Å². The van der Waals surface area contributed by atoms with Crippen LogP contribution in [0.2, 0.25) is 0 Å². The molecule has 6 heteroatoms. The summed E-state index contributed by atoms with van der Waals surface area (Å²) in [5, 5.41) is 2.11. The molecule has 2 amide bonds. The van der Waals surface area contributed by atoms with Gasteiger partial charge in [0.1, 0.15) is 0 Å². The Hall–Kier alpha value is -2.18. The van der Waals surface area contributed by atoms with E-state index in [4.69, 9.17) is 4.74 Å². The molecule has 2 aromatic rings. The Morgan fingerprint density at radius 3 is 2.71 bits per heavy atom. The summed E-state index contributed by atoms with van der Waals surface area (Å²) < 4.78 is 5.44.